The summed E-state index contributed by atoms with van der Waals surface area (Å²) < 4.78 is 18.5. The van der Waals surface area contributed by atoms with Crippen LogP contribution in [0.3, 0.4) is 0 Å². The minimum atomic E-state index is -1.08. The maximum atomic E-state index is 13.0. The first kappa shape index (κ1) is 21.6. The summed E-state index contributed by atoms with van der Waals surface area (Å²) in [5, 5.41) is 5.50. The zero-order valence-electron chi connectivity index (χ0n) is 17.3. The fraction of sp³-hybridized carbons (Fsp3) is 0.476. The topological polar surface area (TPSA) is 106 Å². The van der Waals surface area contributed by atoms with Crippen LogP contribution in [0.1, 0.15) is 61.3 Å². The molecule has 0 radical (unpaired) electrons. The van der Waals surface area contributed by atoms with Gasteiger partial charge in [-0.1, -0.05) is 6.92 Å². The highest BCUT2D eigenvalue weighted by Gasteiger charge is 2.30. The van der Waals surface area contributed by atoms with Gasteiger partial charge in [-0.15, -0.1) is 0 Å². The van der Waals surface area contributed by atoms with Crippen LogP contribution in [0, 0.1) is 5.92 Å². The van der Waals surface area contributed by atoms with E-state index in [1.165, 1.54) is 19.2 Å². The Bertz CT molecular complexity index is 917. The molecule has 0 saturated heterocycles. The summed E-state index contributed by atoms with van der Waals surface area (Å²) in [6, 6.07) is 3.03. The van der Waals surface area contributed by atoms with Crippen LogP contribution in [0.5, 0.6) is 5.88 Å². The Balaban J connectivity index is 1.65. The second-order valence-corrected chi connectivity index (χ2v) is 7.40. The number of alkyl halides is 1. The van der Waals surface area contributed by atoms with Crippen LogP contribution in [0.2, 0.25) is 0 Å². The van der Waals surface area contributed by atoms with Gasteiger partial charge in [0.25, 0.3) is 5.91 Å². The van der Waals surface area contributed by atoms with Crippen LogP contribution in [-0.4, -0.2) is 39.5 Å². The fourth-order valence-electron chi connectivity index (χ4n) is 2.79. The van der Waals surface area contributed by atoms with E-state index in [0.29, 0.717) is 12.3 Å². The molecule has 8 nitrogen and oxygen atoms in total. The second kappa shape index (κ2) is 9.60. The Kier molecular flexibility index (Phi) is 6.91. The molecule has 2 atom stereocenters. The van der Waals surface area contributed by atoms with Gasteiger partial charge in [0, 0.05) is 23.9 Å². The second-order valence-electron chi connectivity index (χ2n) is 7.40. The molecule has 30 heavy (non-hydrogen) atoms. The SMILES string of the molecule is CCc1cc(C(C)NC(=O)c2ccnc(NC(=O)C3CC3)n2)cnc1OCC(C)F. The highest BCUT2D eigenvalue weighted by molar-refractivity contribution is 5.95. The summed E-state index contributed by atoms with van der Waals surface area (Å²) in [6.07, 6.45) is 4.35. The van der Waals surface area contributed by atoms with Gasteiger partial charge in [0.05, 0.1) is 6.04 Å². The van der Waals surface area contributed by atoms with E-state index < -0.39 is 12.1 Å². The van der Waals surface area contributed by atoms with Gasteiger partial charge in [-0.25, -0.2) is 19.3 Å². The van der Waals surface area contributed by atoms with Crippen molar-refractivity contribution in [1.82, 2.24) is 20.3 Å². The van der Waals surface area contributed by atoms with E-state index in [-0.39, 0.29) is 36.1 Å². The molecule has 2 aromatic rings. The third-order valence-electron chi connectivity index (χ3n) is 4.70. The molecule has 0 aliphatic heterocycles. The molecule has 3 rings (SSSR count). The number of amides is 2. The quantitative estimate of drug-likeness (QED) is 0.652. The average Bonchev–Trinajstić information content (AvgIpc) is 3.57. The molecular weight excluding hydrogens is 389 g/mol. The van der Waals surface area contributed by atoms with Crippen LogP contribution in [0.25, 0.3) is 0 Å². The number of hydrogen-bond donors (Lipinski definition) is 2. The summed E-state index contributed by atoms with van der Waals surface area (Å²) in [4.78, 5) is 36.9. The van der Waals surface area contributed by atoms with E-state index in [9.17, 15) is 14.0 Å². The van der Waals surface area contributed by atoms with E-state index in [1.54, 1.807) is 6.20 Å². The summed E-state index contributed by atoms with van der Waals surface area (Å²) >= 11 is 0. The number of ether oxygens (including phenoxy) is 1. The van der Waals surface area contributed by atoms with Crippen molar-refractivity contribution in [3.63, 3.8) is 0 Å². The Morgan fingerprint density at radius 1 is 1.30 bits per heavy atom. The number of hydrogen-bond acceptors (Lipinski definition) is 6. The molecule has 1 saturated carbocycles. The van der Waals surface area contributed by atoms with Gasteiger partial charge in [0.1, 0.15) is 18.5 Å². The normalized spacial score (nSPS) is 15.2. The van der Waals surface area contributed by atoms with Crippen molar-refractivity contribution in [2.24, 2.45) is 5.92 Å². The van der Waals surface area contributed by atoms with Gasteiger partial charge in [-0.3, -0.25) is 14.9 Å². The van der Waals surface area contributed by atoms with Crippen LogP contribution in [0.15, 0.2) is 24.5 Å². The maximum absolute atomic E-state index is 13.0. The molecule has 2 unspecified atom stereocenters. The summed E-state index contributed by atoms with van der Waals surface area (Å²) in [7, 11) is 0. The van der Waals surface area contributed by atoms with E-state index in [4.69, 9.17) is 4.74 Å². The van der Waals surface area contributed by atoms with Crippen LogP contribution < -0.4 is 15.4 Å². The Morgan fingerprint density at radius 3 is 2.73 bits per heavy atom. The first-order chi connectivity index (χ1) is 14.4. The molecular formula is C21H26FN5O3. The molecule has 9 heteroatoms. The molecule has 160 valence electrons. The monoisotopic (exact) mass is 415 g/mol. The lowest BCUT2D eigenvalue weighted by molar-refractivity contribution is -0.117. The van der Waals surface area contributed by atoms with E-state index >= 15 is 0 Å². The number of nitrogens with zero attached hydrogens (tertiary/aromatic N) is 3. The van der Waals surface area contributed by atoms with Crippen molar-refractivity contribution < 1.29 is 18.7 Å². The van der Waals surface area contributed by atoms with Gasteiger partial charge < -0.3 is 10.1 Å². The lowest BCUT2D eigenvalue weighted by atomic mass is 10.1. The Labute approximate surface area is 174 Å². The number of carbonyl (C=O) groups excluding carboxylic acids is 2. The highest BCUT2D eigenvalue weighted by atomic mass is 19.1. The molecule has 2 amide bonds. The molecule has 0 bridgehead atoms. The van der Waals surface area contributed by atoms with Crippen molar-refractivity contribution in [2.45, 2.75) is 52.2 Å². The first-order valence-corrected chi connectivity index (χ1v) is 10.1. The average molecular weight is 415 g/mol. The standard InChI is InChI=1S/C21H26FN5O3/c1-4-14-9-16(10-24-20(14)30-11-12(2)22)13(3)25-19(29)17-7-8-23-21(26-17)27-18(28)15-5-6-15/h7-10,12-13,15H,4-6,11H2,1-3H3,(H,25,29)(H,23,26,27,28). The lowest BCUT2D eigenvalue weighted by Crippen LogP contribution is -2.28. The van der Waals surface area contributed by atoms with Crippen molar-refractivity contribution in [3.05, 3.63) is 41.3 Å². The van der Waals surface area contributed by atoms with E-state index in [2.05, 4.69) is 25.6 Å². The zero-order chi connectivity index (χ0) is 21.7. The molecule has 0 spiro atoms. The van der Waals surface area contributed by atoms with E-state index in [0.717, 1.165) is 24.0 Å². The molecule has 1 aliphatic carbocycles. The van der Waals surface area contributed by atoms with Crippen molar-refractivity contribution >= 4 is 17.8 Å². The number of aromatic nitrogens is 3. The number of carbonyl (C=O) groups is 2. The fourth-order valence-corrected chi connectivity index (χ4v) is 2.79. The number of aryl methyl sites for hydroxylation is 1. The molecule has 2 N–H and O–H groups in total. The maximum Gasteiger partial charge on any atom is 0.270 e. The first-order valence-electron chi connectivity index (χ1n) is 10.1. The van der Waals surface area contributed by atoms with Crippen molar-refractivity contribution in [2.75, 3.05) is 11.9 Å². The van der Waals surface area contributed by atoms with Gasteiger partial charge in [0.2, 0.25) is 17.7 Å². The third kappa shape index (κ3) is 5.71. The van der Waals surface area contributed by atoms with Crippen LogP contribution in [0.4, 0.5) is 10.3 Å². The molecule has 1 fully saturated rings. The lowest BCUT2D eigenvalue weighted by Gasteiger charge is -2.17. The number of rotatable bonds is 9. The van der Waals surface area contributed by atoms with Gasteiger partial charge in [-0.2, -0.15) is 0 Å². The molecule has 2 aromatic heterocycles. The molecule has 1 aliphatic rings. The highest BCUT2D eigenvalue weighted by Crippen LogP contribution is 2.29. The molecule has 2 heterocycles. The summed E-state index contributed by atoms with van der Waals surface area (Å²) in [6.45, 7) is 5.15. The number of halogens is 1. The van der Waals surface area contributed by atoms with Crippen molar-refractivity contribution in [1.29, 1.82) is 0 Å². The van der Waals surface area contributed by atoms with Crippen molar-refractivity contribution in [3.8, 4) is 5.88 Å². The zero-order valence-corrected chi connectivity index (χ0v) is 17.3. The number of pyridine rings is 1. The minimum absolute atomic E-state index is 0.0198. The molecule has 0 aromatic carbocycles. The third-order valence-corrected chi connectivity index (χ3v) is 4.70. The van der Waals surface area contributed by atoms with E-state index in [1.807, 2.05) is 19.9 Å². The van der Waals surface area contributed by atoms with Crippen LogP contribution >= 0.6 is 0 Å². The van der Waals surface area contributed by atoms with Gasteiger partial charge in [0.15, 0.2) is 0 Å². The Hall–Kier alpha value is -3.10. The minimum Gasteiger partial charge on any atom is -0.474 e. The van der Waals surface area contributed by atoms with Gasteiger partial charge >= 0.3 is 0 Å². The largest absolute Gasteiger partial charge is 0.474 e. The van der Waals surface area contributed by atoms with Gasteiger partial charge in [-0.05, 0) is 50.8 Å². The summed E-state index contributed by atoms with van der Waals surface area (Å²) in [5.74, 6) is 0.0216. The predicted octanol–water partition coefficient (Wildman–Crippen LogP) is 3.01. The van der Waals surface area contributed by atoms with Crippen LogP contribution in [-0.2, 0) is 11.2 Å². The smallest absolute Gasteiger partial charge is 0.270 e. The Morgan fingerprint density at radius 2 is 2.07 bits per heavy atom. The number of nitrogens with one attached hydrogen (secondary N) is 2. The summed E-state index contributed by atoms with van der Waals surface area (Å²) in [5.41, 5.74) is 1.78. The predicted molar refractivity (Wildman–Crippen MR) is 109 cm³/mol. The number of anilines is 1.